The van der Waals surface area contributed by atoms with Crippen LogP contribution in [0.5, 0.6) is 5.75 Å². The van der Waals surface area contributed by atoms with Gasteiger partial charge < -0.3 is 19.0 Å². The quantitative estimate of drug-likeness (QED) is 0.283. The van der Waals surface area contributed by atoms with E-state index in [4.69, 9.17) is 14.2 Å². The lowest BCUT2D eigenvalue weighted by Crippen LogP contribution is -2.17. The van der Waals surface area contributed by atoms with Gasteiger partial charge in [-0.2, -0.15) is 0 Å². The number of aryl methyl sites for hydroxylation is 2. The van der Waals surface area contributed by atoms with Gasteiger partial charge in [0.25, 0.3) is 0 Å². The van der Waals surface area contributed by atoms with Crippen LogP contribution in [0.1, 0.15) is 56.0 Å². The molecular formula is C25H34N2O7. The van der Waals surface area contributed by atoms with E-state index >= 15 is 0 Å². The number of nitrogens with zero attached hydrogens (tertiary/aromatic N) is 2. The van der Waals surface area contributed by atoms with Crippen LogP contribution >= 0.6 is 0 Å². The van der Waals surface area contributed by atoms with Gasteiger partial charge in [0.1, 0.15) is 6.61 Å². The molecule has 1 aromatic heterocycles. The van der Waals surface area contributed by atoms with E-state index in [1.807, 2.05) is 32.0 Å². The van der Waals surface area contributed by atoms with Crippen molar-refractivity contribution in [2.24, 2.45) is 11.3 Å². The minimum Gasteiger partial charge on any atom is -0.465 e. The van der Waals surface area contributed by atoms with Crippen LogP contribution in [0.25, 0.3) is 0 Å². The molecular weight excluding hydrogens is 440 g/mol. The lowest BCUT2D eigenvalue weighted by Gasteiger charge is -2.11. The maximum absolute atomic E-state index is 12.0. The summed E-state index contributed by atoms with van der Waals surface area (Å²) in [5.74, 6) is -0.835. The lowest BCUT2D eigenvalue weighted by atomic mass is 10.1. The van der Waals surface area contributed by atoms with Crippen molar-refractivity contribution in [3.05, 3.63) is 63.8 Å². The molecule has 9 nitrogen and oxygen atoms in total. The van der Waals surface area contributed by atoms with Crippen LogP contribution in [0.3, 0.4) is 0 Å². The van der Waals surface area contributed by atoms with Crippen molar-refractivity contribution in [3.8, 4) is 5.75 Å². The fraction of sp³-hybridized carbons (Fsp3) is 0.480. The van der Waals surface area contributed by atoms with Crippen molar-refractivity contribution in [1.82, 2.24) is 4.98 Å². The molecule has 0 aliphatic carbocycles. The first-order chi connectivity index (χ1) is 16.4. The molecule has 0 fully saturated rings. The van der Waals surface area contributed by atoms with E-state index < -0.39 is 11.9 Å². The molecule has 0 radical (unpaired) electrons. The van der Waals surface area contributed by atoms with Gasteiger partial charge in [-0.05, 0) is 13.8 Å². The van der Waals surface area contributed by atoms with Crippen LogP contribution in [0.15, 0.2) is 41.9 Å². The van der Waals surface area contributed by atoms with Crippen LogP contribution in [-0.2, 0) is 37.1 Å². The molecule has 186 valence electrons. The molecule has 0 spiro atoms. The number of esters is 2. The van der Waals surface area contributed by atoms with Gasteiger partial charge in [-0.1, -0.05) is 56.7 Å². The second kappa shape index (κ2) is 16.3. The smallest absolute Gasteiger partial charge is 0.311 e. The highest BCUT2D eigenvalue weighted by molar-refractivity contribution is 5.79. The molecule has 0 amide bonds. The molecule has 0 saturated carbocycles. The van der Waals surface area contributed by atoms with Gasteiger partial charge in [0.05, 0.1) is 38.4 Å². The van der Waals surface area contributed by atoms with Crippen LogP contribution < -0.4 is 4.74 Å². The van der Waals surface area contributed by atoms with Crippen LogP contribution in [0.4, 0.5) is 0 Å². The van der Waals surface area contributed by atoms with E-state index in [-0.39, 0.29) is 32.0 Å². The van der Waals surface area contributed by atoms with E-state index in [2.05, 4.69) is 34.2 Å². The summed E-state index contributed by atoms with van der Waals surface area (Å²) in [6.07, 6.45) is 1.50. The number of aromatic nitrogens is 1. The van der Waals surface area contributed by atoms with Gasteiger partial charge >= 0.3 is 11.9 Å². The average molecular weight is 475 g/mol. The average Bonchev–Trinajstić information content (AvgIpc) is 3.33. The molecule has 1 aromatic carbocycles. The summed E-state index contributed by atoms with van der Waals surface area (Å²) in [7, 11) is 0. The predicted molar refractivity (Wildman–Crippen MR) is 127 cm³/mol. The van der Waals surface area contributed by atoms with Gasteiger partial charge in [0.15, 0.2) is 11.1 Å². The van der Waals surface area contributed by atoms with E-state index in [9.17, 15) is 14.5 Å². The third kappa shape index (κ3) is 10.5. The summed E-state index contributed by atoms with van der Waals surface area (Å²) in [6, 6.07) is 10.3. The number of rotatable bonds is 9. The number of fused-ring (bicyclic) bond motifs is 1. The normalized spacial score (nSPS) is 12.0. The number of hydrogen-bond acceptors (Lipinski definition) is 9. The third-order valence-corrected chi connectivity index (χ3v) is 4.54. The van der Waals surface area contributed by atoms with Crippen molar-refractivity contribution >= 4 is 11.9 Å². The zero-order valence-electron chi connectivity index (χ0n) is 20.5. The molecule has 1 aliphatic rings. The van der Waals surface area contributed by atoms with Crippen molar-refractivity contribution in [2.75, 3.05) is 13.2 Å². The van der Waals surface area contributed by atoms with Gasteiger partial charge in [-0.3, -0.25) is 14.6 Å². The molecule has 0 bridgehead atoms. The Bertz CT molecular complexity index is 904. The highest BCUT2D eigenvalue weighted by Gasteiger charge is 2.21. The Morgan fingerprint density at radius 1 is 1.06 bits per heavy atom. The molecule has 1 atom stereocenters. The zero-order valence-corrected chi connectivity index (χ0v) is 20.5. The van der Waals surface area contributed by atoms with Crippen LogP contribution in [0, 0.1) is 24.7 Å². The van der Waals surface area contributed by atoms with E-state index in [0.29, 0.717) is 24.7 Å². The zero-order chi connectivity index (χ0) is 25.3. The molecule has 9 heteroatoms. The van der Waals surface area contributed by atoms with Crippen molar-refractivity contribution in [2.45, 2.75) is 60.7 Å². The van der Waals surface area contributed by atoms with E-state index in [1.54, 1.807) is 20.0 Å². The molecule has 3 rings (SSSR count). The molecule has 2 heterocycles. The number of carbonyl (C=O) groups is 2. The SMILES string of the molecule is CC.Cc1ccccc1.Cc1ncc2c(c1OC(=O)CCC(=O)OCC(C)CON=O)COC2. The molecule has 1 unspecified atom stereocenters. The van der Waals surface area contributed by atoms with E-state index in [1.165, 1.54) is 5.56 Å². The summed E-state index contributed by atoms with van der Waals surface area (Å²) in [5.41, 5.74) is 3.63. The van der Waals surface area contributed by atoms with Gasteiger partial charge in [0, 0.05) is 23.2 Å². The second-order valence-electron chi connectivity index (χ2n) is 7.46. The Balaban J connectivity index is 0.000000540. The van der Waals surface area contributed by atoms with Crippen molar-refractivity contribution in [1.29, 1.82) is 0 Å². The Morgan fingerprint density at radius 2 is 1.74 bits per heavy atom. The lowest BCUT2D eigenvalue weighted by molar-refractivity contribution is -0.148. The molecule has 2 aromatic rings. The highest BCUT2D eigenvalue weighted by atomic mass is 16.7. The van der Waals surface area contributed by atoms with Crippen molar-refractivity contribution in [3.63, 3.8) is 0 Å². The van der Waals surface area contributed by atoms with Crippen LogP contribution in [-0.4, -0.2) is 30.1 Å². The number of carbonyl (C=O) groups excluding carboxylic acids is 2. The van der Waals surface area contributed by atoms with Gasteiger partial charge in [-0.15, -0.1) is 4.91 Å². The maximum Gasteiger partial charge on any atom is 0.311 e. The topological polar surface area (TPSA) is 113 Å². The molecule has 34 heavy (non-hydrogen) atoms. The number of benzene rings is 1. The summed E-state index contributed by atoms with van der Waals surface area (Å²) in [6.45, 7) is 10.5. The minimum atomic E-state index is -0.538. The monoisotopic (exact) mass is 474 g/mol. The first-order valence-electron chi connectivity index (χ1n) is 11.3. The largest absolute Gasteiger partial charge is 0.465 e. The minimum absolute atomic E-state index is 0.0618. The summed E-state index contributed by atoms with van der Waals surface area (Å²) in [5, 5.41) is 2.27. The molecule has 1 aliphatic heterocycles. The highest BCUT2D eigenvalue weighted by Crippen LogP contribution is 2.31. The predicted octanol–water partition coefficient (Wildman–Crippen LogP) is 5.00. The Labute approximate surface area is 200 Å². The Morgan fingerprint density at radius 3 is 2.35 bits per heavy atom. The number of hydrogen-bond donors (Lipinski definition) is 0. The Hall–Kier alpha value is -3.33. The molecule has 0 saturated heterocycles. The number of pyridine rings is 1. The van der Waals surface area contributed by atoms with E-state index in [0.717, 1.165) is 11.1 Å². The fourth-order valence-corrected chi connectivity index (χ4v) is 2.77. The maximum atomic E-state index is 12.0. The fourth-order valence-electron chi connectivity index (χ4n) is 2.77. The standard InChI is InChI=1S/C16H20N2O7.C7H8.C2H6/c1-10(7-24-18-21)6-23-14(19)3-4-15(20)25-16-11(2)17-5-12-8-22-9-13(12)16;1-7-5-3-2-4-6-7;1-2/h5,10H,3-4,6-9H2,1-2H3;2-6H,1H3;1-2H3. The van der Waals surface area contributed by atoms with Gasteiger partial charge in [-0.25, -0.2) is 0 Å². The first kappa shape index (κ1) is 28.7. The summed E-state index contributed by atoms with van der Waals surface area (Å²) < 4.78 is 15.7. The Kier molecular flexibility index (Phi) is 13.8. The first-order valence-corrected chi connectivity index (χ1v) is 11.3. The molecule has 0 N–H and O–H groups in total. The summed E-state index contributed by atoms with van der Waals surface area (Å²) in [4.78, 5) is 42.0. The van der Waals surface area contributed by atoms with Crippen molar-refractivity contribution < 1.29 is 28.6 Å². The third-order valence-electron chi connectivity index (χ3n) is 4.54. The van der Waals surface area contributed by atoms with Gasteiger partial charge in [0.2, 0.25) is 0 Å². The second-order valence-corrected chi connectivity index (χ2v) is 7.46. The van der Waals surface area contributed by atoms with Crippen LogP contribution in [0.2, 0.25) is 0 Å². The summed E-state index contributed by atoms with van der Waals surface area (Å²) >= 11 is 0. The number of ether oxygens (including phenoxy) is 3.